The van der Waals surface area contributed by atoms with Crippen LogP contribution in [0.1, 0.15) is 6.42 Å². The van der Waals surface area contributed by atoms with Gasteiger partial charge in [0.15, 0.2) is 0 Å². The summed E-state index contributed by atoms with van der Waals surface area (Å²) in [4.78, 5) is 43.2. The zero-order valence-corrected chi connectivity index (χ0v) is 9.69. The molecule has 0 radical (unpaired) electrons. The molecule has 0 aromatic carbocycles. The monoisotopic (exact) mass is 260 g/mol. The molecule has 0 heterocycles. The topological polar surface area (TPSA) is 151 Å². The molecule has 18 heavy (non-hydrogen) atoms. The molecule has 9 nitrogen and oxygen atoms in total. The lowest BCUT2D eigenvalue weighted by Gasteiger charge is -2.06. The highest BCUT2D eigenvalue weighted by Crippen LogP contribution is 1.74. The van der Waals surface area contributed by atoms with E-state index in [-0.39, 0.29) is 32.0 Å². The van der Waals surface area contributed by atoms with E-state index in [4.69, 9.17) is 10.8 Å². The van der Waals surface area contributed by atoms with Crippen molar-refractivity contribution in [1.82, 2.24) is 16.0 Å². The maximum Gasteiger partial charge on any atom is 0.322 e. The first-order valence-corrected chi connectivity index (χ1v) is 5.17. The van der Waals surface area contributed by atoms with Crippen LogP contribution in [-0.4, -0.2) is 55.0 Å². The van der Waals surface area contributed by atoms with Crippen molar-refractivity contribution in [3.8, 4) is 0 Å². The zero-order valence-electron chi connectivity index (χ0n) is 9.69. The molecule has 0 aliphatic carbocycles. The quantitative estimate of drug-likeness (QED) is 0.309. The van der Waals surface area contributed by atoms with E-state index in [1.54, 1.807) is 0 Å². The van der Waals surface area contributed by atoms with E-state index in [0.29, 0.717) is 0 Å². The van der Waals surface area contributed by atoms with Crippen molar-refractivity contribution in [2.75, 3.05) is 26.2 Å². The Balaban J connectivity index is 3.67. The predicted molar refractivity (Wildman–Crippen MR) is 60.3 cm³/mol. The maximum atomic E-state index is 11.1. The van der Waals surface area contributed by atoms with E-state index in [1.807, 2.05) is 0 Å². The van der Waals surface area contributed by atoms with Crippen LogP contribution in [0.2, 0.25) is 0 Å². The number of nitrogens with one attached hydrogen (secondary N) is 3. The molecule has 0 atom stereocenters. The average Bonchev–Trinajstić information content (AvgIpc) is 2.31. The Morgan fingerprint density at radius 2 is 1.28 bits per heavy atom. The normalized spacial score (nSPS) is 9.39. The number of carbonyl (C=O) groups excluding carboxylic acids is 3. The van der Waals surface area contributed by atoms with Crippen molar-refractivity contribution in [2.45, 2.75) is 6.42 Å². The largest absolute Gasteiger partial charge is 0.480 e. The van der Waals surface area contributed by atoms with Gasteiger partial charge in [-0.25, -0.2) is 0 Å². The Labute approximate surface area is 103 Å². The van der Waals surface area contributed by atoms with Crippen LogP contribution in [0.25, 0.3) is 0 Å². The van der Waals surface area contributed by atoms with Gasteiger partial charge in [-0.15, -0.1) is 0 Å². The van der Waals surface area contributed by atoms with Gasteiger partial charge in [-0.3, -0.25) is 19.2 Å². The minimum Gasteiger partial charge on any atom is -0.480 e. The molecule has 6 N–H and O–H groups in total. The highest BCUT2D eigenvalue weighted by Gasteiger charge is 2.07. The third-order valence-electron chi connectivity index (χ3n) is 1.70. The van der Waals surface area contributed by atoms with Gasteiger partial charge in [0.1, 0.15) is 6.54 Å². The van der Waals surface area contributed by atoms with Crippen LogP contribution in [0.3, 0.4) is 0 Å². The molecular formula is C9H16N4O5. The highest BCUT2D eigenvalue weighted by molar-refractivity contribution is 5.89. The van der Waals surface area contributed by atoms with Crippen LogP contribution in [0, 0.1) is 0 Å². The smallest absolute Gasteiger partial charge is 0.322 e. The molecule has 0 saturated carbocycles. The van der Waals surface area contributed by atoms with Crippen molar-refractivity contribution in [3.63, 3.8) is 0 Å². The van der Waals surface area contributed by atoms with Crippen LogP contribution in [0.5, 0.6) is 0 Å². The summed E-state index contributed by atoms with van der Waals surface area (Å²) in [6, 6.07) is 0. The standard InChI is InChI=1S/C9H16N4O5/c10-2-1-6(14)11-3-7(15)12-4-8(16)13-5-9(17)18/h1-5,10H2,(H,11,14)(H,12,15)(H,13,16)(H,17,18). The van der Waals surface area contributed by atoms with Gasteiger partial charge in [-0.2, -0.15) is 0 Å². The van der Waals surface area contributed by atoms with Gasteiger partial charge >= 0.3 is 5.97 Å². The summed E-state index contributed by atoms with van der Waals surface area (Å²) in [7, 11) is 0. The summed E-state index contributed by atoms with van der Waals surface area (Å²) in [6.45, 7) is -0.934. The minimum absolute atomic E-state index is 0.117. The molecule has 0 aromatic heterocycles. The van der Waals surface area contributed by atoms with Crippen molar-refractivity contribution in [1.29, 1.82) is 0 Å². The van der Waals surface area contributed by atoms with Crippen LogP contribution in [0.4, 0.5) is 0 Å². The lowest BCUT2D eigenvalue weighted by molar-refractivity contribution is -0.137. The Morgan fingerprint density at radius 3 is 1.72 bits per heavy atom. The number of carbonyl (C=O) groups is 4. The Bertz CT molecular complexity index is 331. The molecule has 0 unspecified atom stereocenters. The van der Waals surface area contributed by atoms with Crippen LogP contribution in [-0.2, 0) is 19.2 Å². The van der Waals surface area contributed by atoms with Crippen molar-refractivity contribution in [2.24, 2.45) is 5.73 Å². The van der Waals surface area contributed by atoms with Crippen LogP contribution < -0.4 is 21.7 Å². The lowest BCUT2D eigenvalue weighted by Crippen LogP contribution is -2.43. The summed E-state index contributed by atoms with van der Waals surface area (Å²) in [6.07, 6.45) is 0.117. The van der Waals surface area contributed by atoms with E-state index in [2.05, 4.69) is 16.0 Å². The molecule has 0 aliphatic heterocycles. The van der Waals surface area contributed by atoms with Crippen molar-refractivity contribution >= 4 is 23.7 Å². The molecule has 0 fully saturated rings. The SMILES string of the molecule is NCCC(=O)NCC(=O)NCC(=O)NCC(=O)O. The number of carboxylic acid groups (broad SMARTS) is 1. The van der Waals surface area contributed by atoms with Crippen LogP contribution in [0.15, 0.2) is 0 Å². The van der Waals surface area contributed by atoms with Gasteiger partial charge in [0.25, 0.3) is 0 Å². The molecule has 0 aliphatic rings. The van der Waals surface area contributed by atoms with E-state index in [1.165, 1.54) is 0 Å². The van der Waals surface area contributed by atoms with Gasteiger partial charge in [-0.05, 0) is 0 Å². The van der Waals surface area contributed by atoms with E-state index in [9.17, 15) is 19.2 Å². The summed E-state index contributed by atoms with van der Waals surface area (Å²) < 4.78 is 0. The fraction of sp³-hybridized carbons (Fsp3) is 0.556. The average molecular weight is 260 g/mol. The van der Waals surface area contributed by atoms with Gasteiger partial charge in [0, 0.05) is 13.0 Å². The van der Waals surface area contributed by atoms with Gasteiger partial charge < -0.3 is 26.8 Å². The molecule has 0 spiro atoms. The summed E-state index contributed by atoms with van der Waals surface area (Å²) >= 11 is 0. The fourth-order valence-corrected chi connectivity index (χ4v) is 0.876. The highest BCUT2D eigenvalue weighted by atomic mass is 16.4. The second-order valence-corrected chi connectivity index (χ2v) is 3.26. The van der Waals surface area contributed by atoms with Crippen LogP contribution >= 0.6 is 0 Å². The van der Waals surface area contributed by atoms with E-state index < -0.39 is 24.3 Å². The number of hydrogen-bond acceptors (Lipinski definition) is 5. The molecule has 0 saturated heterocycles. The second kappa shape index (κ2) is 8.93. The van der Waals surface area contributed by atoms with Crippen molar-refractivity contribution < 1.29 is 24.3 Å². The second-order valence-electron chi connectivity index (χ2n) is 3.26. The number of nitrogens with two attached hydrogens (primary N) is 1. The molecule has 3 amide bonds. The molecule has 9 heteroatoms. The first-order chi connectivity index (χ1) is 8.45. The third kappa shape index (κ3) is 9.09. The van der Waals surface area contributed by atoms with Gasteiger partial charge in [0.05, 0.1) is 13.1 Å². The number of hydrogen-bond donors (Lipinski definition) is 5. The number of amides is 3. The van der Waals surface area contributed by atoms with Crippen molar-refractivity contribution in [3.05, 3.63) is 0 Å². The van der Waals surface area contributed by atoms with E-state index >= 15 is 0 Å². The Kier molecular flexibility index (Phi) is 7.86. The summed E-state index contributed by atoms with van der Waals surface area (Å²) in [5, 5.41) is 14.9. The predicted octanol–water partition coefficient (Wildman–Crippen LogP) is -3.23. The molecule has 0 rings (SSSR count). The minimum atomic E-state index is -1.18. The third-order valence-corrected chi connectivity index (χ3v) is 1.70. The van der Waals surface area contributed by atoms with Gasteiger partial charge in [-0.1, -0.05) is 0 Å². The first-order valence-electron chi connectivity index (χ1n) is 5.17. The maximum absolute atomic E-state index is 11.1. The molecule has 102 valence electrons. The fourth-order valence-electron chi connectivity index (χ4n) is 0.876. The summed E-state index contributed by atoms with van der Waals surface area (Å²) in [5.74, 6) is -2.71. The zero-order chi connectivity index (χ0) is 14.0. The Morgan fingerprint density at radius 1 is 0.833 bits per heavy atom. The molecule has 0 aromatic rings. The lowest BCUT2D eigenvalue weighted by atomic mass is 10.4. The van der Waals surface area contributed by atoms with E-state index in [0.717, 1.165) is 0 Å². The van der Waals surface area contributed by atoms with Gasteiger partial charge in [0.2, 0.25) is 17.7 Å². The molecular weight excluding hydrogens is 244 g/mol. The molecule has 0 bridgehead atoms. The first kappa shape index (κ1) is 15.8. The number of carboxylic acids is 1. The number of rotatable bonds is 8. The number of aliphatic carboxylic acids is 1. The Hall–Kier alpha value is -2.16. The summed E-state index contributed by atoms with van der Waals surface area (Å²) in [5.41, 5.74) is 5.13.